The van der Waals surface area contributed by atoms with Gasteiger partial charge in [0.25, 0.3) is 0 Å². The van der Waals surface area contributed by atoms with Gasteiger partial charge in [-0.3, -0.25) is 0 Å². The van der Waals surface area contributed by atoms with Gasteiger partial charge in [-0.2, -0.15) is 13.2 Å². The zero-order valence-electron chi connectivity index (χ0n) is 10.5. The summed E-state index contributed by atoms with van der Waals surface area (Å²) in [4.78, 5) is 3.92. The number of rotatable bonds is 3. The molecule has 1 heterocycles. The topological polar surface area (TPSA) is 63.0 Å². The highest BCUT2D eigenvalue weighted by Gasteiger charge is 2.31. The average molecular weight is 262 g/mol. The predicted molar refractivity (Wildman–Crippen MR) is 65.0 cm³/mol. The summed E-state index contributed by atoms with van der Waals surface area (Å²) in [6, 6.07) is 1.83. The lowest BCUT2D eigenvalue weighted by molar-refractivity contribution is -0.137. The summed E-state index contributed by atoms with van der Waals surface area (Å²) in [7, 11) is 0. The maximum absolute atomic E-state index is 12.6. The van der Waals surface area contributed by atoms with Crippen molar-refractivity contribution in [1.82, 2.24) is 4.98 Å². The molecule has 7 heteroatoms. The smallest absolute Gasteiger partial charge is 0.369 e. The van der Waals surface area contributed by atoms with Crippen molar-refractivity contribution in [2.24, 2.45) is 11.3 Å². The Balaban J connectivity index is 2.98. The first-order valence-electron chi connectivity index (χ1n) is 5.41. The van der Waals surface area contributed by atoms with E-state index >= 15 is 0 Å². The fraction of sp³-hybridized carbons (Fsp3) is 0.545. The van der Waals surface area contributed by atoms with Gasteiger partial charge >= 0.3 is 6.18 Å². The Morgan fingerprint density at radius 1 is 1.17 bits per heavy atom. The highest BCUT2D eigenvalue weighted by atomic mass is 19.4. The van der Waals surface area contributed by atoms with Crippen LogP contribution < -0.4 is 16.6 Å². The Morgan fingerprint density at radius 3 is 2.17 bits per heavy atom. The van der Waals surface area contributed by atoms with Crippen molar-refractivity contribution in [2.75, 3.05) is 17.3 Å². The molecule has 18 heavy (non-hydrogen) atoms. The molecule has 0 unspecified atom stereocenters. The van der Waals surface area contributed by atoms with E-state index in [4.69, 9.17) is 5.84 Å². The van der Waals surface area contributed by atoms with Crippen molar-refractivity contribution >= 4 is 11.6 Å². The van der Waals surface area contributed by atoms with E-state index in [1.807, 2.05) is 20.8 Å². The average Bonchev–Trinajstić information content (AvgIpc) is 2.24. The van der Waals surface area contributed by atoms with Crippen LogP contribution in [-0.4, -0.2) is 11.5 Å². The number of pyridine rings is 1. The van der Waals surface area contributed by atoms with Gasteiger partial charge in [0.1, 0.15) is 11.6 Å². The summed E-state index contributed by atoms with van der Waals surface area (Å²) in [6.07, 6.45) is -4.42. The van der Waals surface area contributed by atoms with Gasteiger partial charge in [0.15, 0.2) is 0 Å². The molecule has 0 aliphatic rings. The maximum Gasteiger partial charge on any atom is 0.416 e. The number of hydrogen-bond acceptors (Lipinski definition) is 4. The van der Waals surface area contributed by atoms with Crippen molar-refractivity contribution in [3.05, 3.63) is 17.7 Å². The number of hydrazine groups is 1. The Hall–Kier alpha value is -1.50. The van der Waals surface area contributed by atoms with Gasteiger partial charge in [-0.1, -0.05) is 20.8 Å². The molecule has 0 aliphatic carbocycles. The van der Waals surface area contributed by atoms with Crippen LogP contribution in [0.15, 0.2) is 12.1 Å². The third kappa shape index (κ3) is 4.40. The molecule has 1 aromatic rings. The van der Waals surface area contributed by atoms with E-state index in [-0.39, 0.29) is 17.1 Å². The monoisotopic (exact) mass is 262 g/mol. The highest BCUT2D eigenvalue weighted by Crippen LogP contribution is 2.32. The van der Waals surface area contributed by atoms with E-state index in [2.05, 4.69) is 15.7 Å². The highest BCUT2D eigenvalue weighted by molar-refractivity contribution is 5.49. The Morgan fingerprint density at radius 2 is 1.72 bits per heavy atom. The van der Waals surface area contributed by atoms with E-state index in [1.165, 1.54) is 0 Å². The van der Waals surface area contributed by atoms with Crippen LogP contribution in [0.25, 0.3) is 0 Å². The number of nitrogens with one attached hydrogen (secondary N) is 2. The predicted octanol–water partition coefficient (Wildman–Crippen LogP) is 2.84. The number of aromatic nitrogens is 1. The summed E-state index contributed by atoms with van der Waals surface area (Å²) in [5.74, 6) is 5.22. The fourth-order valence-electron chi connectivity index (χ4n) is 1.21. The minimum atomic E-state index is -4.42. The molecule has 4 N–H and O–H groups in total. The van der Waals surface area contributed by atoms with Crippen LogP contribution >= 0.6 is 0 Å². The second-order valence-electron chi connectivity index (χ2n) is 5.18. The van der Waals surface area contributed by atoms with Crippen molar-refractivity contribution in [2.45, 2.75) is 26.9 Å². The second kappa shape index (κ2) is 5.01. The van der Waals surface area contributed by atoms with E-state index < -0.39 is 11.7 Å². The zero-order chi connectivity index (χ0) is 14.0. The van der Waals surface area contributed by atoms with Gasteiger partial charge < -0.3 is 10.7 Å². The SMILES string of the molecule is CC(C)(C)CNc1cc(C(F)(F)F)cc(NN)n1. The summed E-state index contributed by atoms with van der Waals surface area (Å²) >= 11 is 0. The number of hydrogen-bond donors (Lipinski definition) is 3. The van der Waals surface area contributed by atoms with Gasteiger partial charge in [-0.25, -0.2) is 10.8 Å². The molecule has 0 spiro atoms. The lowest BCUT2D eigenvalue weighted by atomic mass is 9.97. The fourth-order valence-corrected chi connectivity index (χ4v) is 1.21. The number of alkyl halides is 3. The van der Waals surface area contributed by atoms with Crippen molar-refractivity contribution in [1.29, 1.82) is 0 Å². The standard InChI is InChI=1S/C11H17F3N4/c1-10(2,3)6-16-8-4-7(11(12,13)14)5-9(17-8)18-15/h4-5H,6,15H2,1-3H3,(H2,16,17,18). The normalized spacial score (nSPS) is 12.4. The third-order valence-electron chi connectivity index (χ3n) is 2.10. The first-order valence-corrected chi connectivity index (χ1v) is 5.41. The molecule has 0 aromatic carbocycles. The molecule has 0 atom stereocenters. The Labute approximate surface area is 104 Å². The zero-order valence-corrected chi connectivity index (χ0v) is 10.5. The molecule has 0 aliphatic heterocycles. The molecule has 1 rings (SSSR count). The third-order valence-corrected chi connectivity index (χ3v) is 2.10. The van der Waals surface area contributed by atoms with Gasteiger partial charge in [-0.05, 0) is 17.5 Å². The Kier molecular flexibility index (Phi) is 4.05. The van der Waals surface area contributed by atoms with Crippen molar-refractivity contribution < 1.29 is 13.2 Å². The van der Waals surface area contributed by atoms with E-state index in [1.54, 1.807) is 0 Å². The molecular weight excluding hydrogens is 245 g/mol. The van der Waals surface area contributed by atoms with Crippen LogP contribution in [0.2, 0.25) is 0 Å². The van der Waals surface area contributed by atoms with Crippen molar-refractivity contribution in [3.8, 4) is 0 Å². The van der Waals surface area contributed by atoms with Crippen molar-refractivity contribution in [3.63, 3.8) is 0 Å². The molecule has 4 nitrogen and oxygen atoms in total. The number of nitrogens with zero attached hydrogens (tertiary/aromatic N) is 1. The number of halogens is 3. The molecule has 0 fully saturated rings. The van der Waals surface area contributed by atoms with E-state index in [9.17, 15) is 13.2 Å². The van der Waals surface area contributed by atoms with Gasteiger partial charge in [-0.15, -0.1) is 0 Å². The molecular formula is C11H17F3N4. The second-order valence-corrected chi connectivity index (χ2v) is 5.18. The van der Waals surface area contributed by atoms with E-state index in [0.717, 1.165) is 12.1 Å². The van der Waals surface area contributed by atoms with Gasteiger partial charge in [0, 0.05) is 6.54 Å². The van der Waals surface area contributed by atoms with Gasteiger partial charge in [0.2, 0.25) is 0 Å². The molecule has 102 valence electrons. The maximum atomic E-state index is 12.6. The van der Waals surface area contributed by atoms with Crippen LogP contribution in [-0.2, 0) is 6.18 Å². The summed E-state index contributed by atoms with van der Waals surface area (Å²) < 4.78 is 37.9. The summed E-state index contributed by atoms with van der Waals surface area (Å²) in [6.45, 7) is 6.41. The minimum Gasteiger partial charge on any atom is -0.369 e. The quantitative estimate of drug-likeness (QED) is 0.579. The molecule has 1 aromatic heterocycles. The molecule has 0 amide bonds. The van der Waals surface area contributed by atoms with Gasteiger partial charge in [0.05, 0.1) is 5.56 Å². The lowest BCUT2D eigenvalue weighted by Crippen LogP contribution is -2.21. The van der Waals surface area contributed by atoms with Crippen LogP contribution in [0.4, 0.5) is 24.8 Å². The molecule has 0 radical (unpaired) electrons. The molecule has 0 bridgehead atoms. The lowest BCUT2D eigenvalue weighted by Gasteiger charge is -2.20. The minimum absolute atomic E-state index is 0.0266. The van der Waals surface area contributed by atoms with Crippen LogP contribution in [0.5, 0.6) is 0 Å². The molecule has 0 saturated heterocycles. The number of anilines is 2. The summed E-state index contributed by atoms with van der Waals surface area (Å²) in [5.41, 5.74) is 1.27. The number of nitrogen functional groups attached to an aromatic ring is 1. The first-order chi connectivity index (χ1) is 8.12. The molecule has 0 saturated carbocycles. The van der Waals surface area contributed by atoms with Crippen LogP contribution in [0.3, 0.4) is 0 Å². The van der Waals surface area contributed by atoms with Crippen LogP contribution in [0.1, 0.15) is 26.3 Å². The summed E-state index contributed by atoms with van der Waals surface area (Å²) in [5, 5.41) is 2.87. The first kappa shape index (κ1) is 14.6. The van der Waals surface area contributed by atoms with E-state index in [0.29, 0.717) is 6.54 Å². The largest absolute Gasteiger partial charge is 0.416 e. The van der Waals surface area contributed by atoms with Crippen LogP contribution in [0, 0.1) is 5.41 Å². The number of nitrogens with two attached hydrogens (primary N) is 1. The Bertz CT molecular complexity index is 410.